The topological polar surface area (TPSA) is 48.1 Å². The predicted molar refractivity (Wildman–Crippen MR) is 83.1 cm³/mol. The highest BCUT2D eigenvalue weighted by Gasteiger charge is 2.21. The molecule has 0 aliphatic heterocycles. The Balaban J connectivity index is 2.08. The quantitative estimate of drug-likeness (QED) is 0.856. The molecule has 2 rings (SSSR count). The summed E-state index contributed by atoms with van der Waals surface area (Å²) in [5.74, 6) is 1.62. The van der Waals surface area contributed by atoms with Gasteiger partial charge in [0.2, 0.25) is 0 Å². The third-order valence-corrected chi connectivity index (χ3v) is 4.68. The zero-order valence-corrected chi connectivity index (χ0v) is 13.1. The maximum atomic E-state index is 6.47. The first-order valence-electron chi connectivity index (χ1n) is 7.88. The minimum atomic E-state index is 0.228. The molecule has 0 amide bonds. The molecule has 20 heavy (non-hydrogen) atoms. The van der Waals surface area contributed by atoms with E-state index in [1.165, 1.54) is 38.5 Å². The van der Waals surface area contributed by atoms with Gasteiger partial charge in [0.05, 0.1) is 7.11 Å². The van der Waals surface area contributed by atoms with Crippen molar-refractivity contribution in [3.05, 3.63) is 23.0 Å². The number of ether oxygens (including phenoxy) is 1. The molecule has 1 atom stereocenters. The molecule has 0 bridgehead atoms. The standard InChI is InChI=1S/C17H28N2O/c1-12-11-19-16(13(2)17(12)20-3)10-15(18)14-8-6-4-5-7-9-14/h11,14-15H,4-10,18H2,1-3H3. The molecule has 1 saturated carbocycles. The van der Waals surface area contributed by atoms with E-state index in [0.717, 1.165) is 29.0 Å². The molecule has 1 aliphatic carbocycles. The number of rotatable bonds is 4. The van der Waals surface area contributed by atoms with E-state index in [1.807, 2.05) is 13.1 Å². The normalized spacial score (nSPS) is 18.6. The van der Waals surface area contributed by atoms with E-state index in [0.29, 0.717) is 5.92 Å². The monoisotopic (exact) mass is 276 g/mol. The smallest absolute Gasteiger partial charge is 0.128 e. The van der Waals surface area contributed by atoms with Gasteiger partial charge >= 0.3 is 0 Å². The van der Waals surface area contributed by atoms with E-state index in [9.17, 15) is 0 Å². The van der Waals surface area contributed by atoms with Crippen LogP contribution in [-0.2, 0) is 6.42 Å². The molecule has 1 heterocycles. The fraction of sp³-hybridized carbons (Fsp3) is 0.706. The molecule has 1 fully saturated rings. The largest absolute Gasteiger partial charge is 0.496 e. The molecule has 3 nitrogen and oxygen atoms in total. The highest BCUT2D eigenvalue weighted by Crippen LogP contribution is 2.29. The van der Waals surface area contributed by atoms with Crippen molar-refractivity contribution in [1.29, 1.82) is 0 Å². The van der Waals surface area contributed by atoms with Crippen molar-refractivity contribution in [2.75, 3.05) is 7.11 Å². The van der Waals surface area contributed by atoms with Crippen LogP contribution in [0.25, 0.3) is 0 Å². The molecule has 0 saturated heterocycles. The zero-order valence-electron chi connectivity index (χ0n) is 13.1. The fourth-order valence-corrected chi connectivity index (χ4v) is 3.41. The second-order valence-electron chi connectivity index (χ2n) is 6.17. The molecular weight excluding hydrogens is 248 g/mol. The van der Waals surface area contributed by atoms with Crippen LogP contribution in [0.15, 0.2) is 6.20 Å². The maximum absolute atomic E-state index is 6.47. The summed E-state index contributed by atoms with van der Waals surface area (Å²) in [6.45, 7) is 4.13. The molecule has 3 heteroatoms. The Morgan fingerprint density at radius 3 is 2.50 bits per heavy atom. The summed E-state index contributed by atoms with van der Waals surface area (Å²) in [5, 5.41) is 0. The lowest BCUT2D eigenvalue weighted by Gasteiger charge is -2.23. The van der Waals surface area contributed by atoms with Crippen molar-refractivity contribution in [1.82, 2.24) is 4.98 Å². The van der Waals surface area contributed by atoms with Crippen LogP contribution in [0.2, 0.25) is 0 Å². The summed E-state index contributed by atoms with van der Waals surface area (Å²) < 4.78 is 5.48. The van der Waals surface area contributed by atoms with E-state index < -0.39 is 0 Å². The number of pyridine rings is 1. The van der Waals surface area contributed by atoms with Gasteiger partial charge < -0.3 is 10.5 Å². The van der Waals surface area contributed by atoms with Gasteiger partial charge in [0.15, 0.2) is 0 Å². The second kappa shape index (κ2) is 7.07. The molecule has 0 spiro atoms. The number of methoxy groups -OCH3 is 1. The molecular formula is C17H28N2O. The average molecular weight is 276 g/mol. The number of hydrogen-bond donors (Lipinski definition) is 1. The van der Waals surface area contributed by atoms with E-state index in [4.69, 9.17) is 10.5 Å². The molecule has 1 aliphatic rings. The van der Waals surface area contributed by atoms with Crippen molar-refractivity contribution in [3.8, 4) is 5.75 Å². The lowest BCUT2D eigenvalue weighted by Crippen LogP contribution is -2.32. The number of hydrogen-bond acceptors (Lipinski definition) is 3. The van der Waals surface area contributed by atoms with Gasteiger partial charge in [-0.25, -0.2) is 0 Å². The lowest BCUT2D eigenvalue weighted by atomic mass is 9.88. The first-order chi connectivity index (χ1) is 9.63. The van der Waals surface area contributed by atoms with Gasteiger partial charge in [-0.2, -0.15) is 0 Å². The number of nitrogens with two attached hydrogens (primary N) is 1. The summed E-state index contributed by atoms with van der Waals surface area (Å²) in [7, 11) is 1.73. The lowest BCUT2D eigenvalue weighted by molar-refractivity contribution is 0.368. The van der Waals surface area contributed by atoms with Gasteiger partial charge in [-0.15, -0.1) is 0 Å². The van der Waals surface area contributed by atoms with Crippen molar-refractivity contribution in [2.24, 2.45) is 11.7 Å². The third kappa shape index (κ3) is 3.51. The molecule has 1 unspecified atom stereocenters. The summed E-state index contributed by atoms with van der Waals surface area (Å²) in [6, 6.07) is 0.228. The van der Waals surface area contributed by atoms with Gasteiger partial charge in [0.25, 0.3) is 0 Å². The Morgan fingerprint density at radius 1 is 1.25 bits per heavy atom. The molecule has 1 aromatic rings. The van der Waals surface area contributed by atoms with E-state index >= 15 is 0 Å². The second-order valence-corrected chi connectivity index (χ2v) is 6.17. The van der Waals surface area contributed by atoms with Crippen molar-refractivity contribution >= 4 is 0 Å². The van der Waals surface area contributed by atoms with Gasteiger partial charge in [0.1, 0.15) is 5.75 Å². The minimum absolute atomic E-state index is 0.228. The maximum Gasteiger partial charge on any atom is 0.128 e. The van der Waals surface area contributed by atoms with Gasteiger partial charge in [0, 0.05) is 35.5 Å². The molecule has 2 N–H and O–H groups in total. The van der Waals surface area contributed by atoms with Crippen LogP contribution in [0.4, 0.5) is 0 Å². The third-order valence-electron chi connectivity index (χ3n) is 4.68. The van der Waals surface area contributed by atoms with Crippen LogP contribution >= 0.6 is 0 Å². The Morgan fingerprint density at radius 2 is 1.90 bits per heavy atom. The van der Waals surface area contributed by atoms with Crippen LogP contribution in [0.1, 0.15) is 55.3 Å². The van der Waals surface area contributed by atoms with Crippen LogP contribution in [0.3, 0.4) is 0 Å². The molecule has 112 valence electrons. The SMILES string of the molecule is COc1c(C)cnc(CC(N)C2CCCCCC2)c1C. The van der Waals surface area contributed by atoms with E-state index in [2.05, 4.69) is 11.9 Å². The van der Waals surface area contributed by atoms with Crippen LogP contribution in [-0.4, -0.2) is 18.1 Å². The predicted octanol–water partition coefficient (Wildman–Crippen LogP) is 3.55. The first-order valence-corrected chi connectivity index (χ1v) is 7.88. The Kier molecular flexibility index (Phi) is 5.41. The Labute approximate surface area is 122 Å². The Bertz CT molecular complexity index is 437. The highest BCUT2D eigenvalue weighted by molar-refractivity contribution is 5.41. The van der Waals surface area contributed by atoms with Crippen molar-refractivity contribution in [2.45, 2.75) is 64.8 Å². The fourth-order valence-electron chi connectivity index (χ4n) is 3.41. The van der Waals surface area contributed by atoms with Crippen molar-refractivity contribution in [3.63, 3.8) is 0 Å². The number of aromatic nitrogens is 1. The van der Waals surface area contributed by atoms with Gasteiger partial charge in [-0.3, -0.25) is 4.98 Å². The van der Waals surface area contributed by atoms with Crippen LogP contribution in [0, 0.1) is 19.8 Å². The summed E-state index contributed by atoms with van der Waals surface area (Å²) >= 11 is 0. The first kappa shape index (κ1) is 15.3. The van der Waals surface area contributed by atoms with E-state index in [1.54, 1.807) is 7.11 Å². The number of aryl methyl sites for hydroxylation is 1. The molecule has 1 aromatic heterocycles. The highest BCUT2D eigenvalue weighted by atomic mass is 16.5. The number of nitrogens with zero attached hydrogens (tertiary/aromatic N) is 1. The average Bonchev–Trinajstić information content (AvgIpc) is 2.71. The summed E-state index contributed by atoms with van der Waals surface area (Å²) in [4.78, 5) is 4.58. The Hall–Kier alpha value is -1.09. The molecule has 0 aromatic carbocycles. The van der Waals surface area contributed by atoms with Gasteiger partial charge in [-0.1, -0.05) is 25.7 Å². The molecule has 0 radical (unpaired) electrons. The van der Waals surface area contributed by atoms with Gasteiger partial charge in [-0.05, 0) is 32.6 Å². The van der Waals surface area contributed by atoms with Crippen LogP contribution < -0.4 is 10.5 Å². The van der Waals surface area contributed by atoms with E-state index in [-0.39, 0.29) is 6.04 Å². The summed E-state index contributed by atoms with van der Waals surface area (Å²) in [5.41, 5.74) is 9.81. The van der Waals surface area contributed by atoms with Crippen molar-refractivity contribution < 1.29 is 4.74 Å². The summed E-state index contributed by atoms with van der Waals surface area (Å²) in [6.07, 6.45) is 10.8. The zero-order chi connectivity index (χ0) is 14.5. The minimum Gasteiger partial charge on any atom is -0.496 e. The van der Waals surface area contributed by atoms with Crippen LogP contribution in [0.5, 0.6) is 5.75 Å².